The van der Waals surface area contributed by atoms with Gasteiger partial charge in [0.15, 0.2) is 11.5 Å². The molecule has 0 radical (unpaired) electrons. The fourth-order valence-electron chi connectivity index (χ4n) is 1.91. The number of halogens is 1. The Balaban J connectivity index is 2.20. The van der Waals surface area contributed by atoms with E-state index in [4.69, 9.17) is 4.74 Å². The molecule has 0 aliphatic rings. The molecule has 1 amide bonds. The van der Waals surface area contributed by atoms with E-state index in [0.717, 1.165) is 30.5 Å². The summed E-state index contributed by atoms with van der Waals surface area (Å²) in [5.41, 5.74) is 2.06. The molecule has 0 saturated carbocycles. The lowest BCUT2D eigenvalue weighted by Gasteiger charge is -2.08. The molecule has 0 atom stereocenters. The van der Waals surface area contributed by atoms with Gasteiger partial charge in [0.05, 0.1) is 23.8 Å². The van der Waals surface area contributed by atoms with Crippen molar-refractivity contribution in [3.8, 4) is 11.5 Å². The number of non-ortho nitro benzene ring substituents is 1. The lowest BCUT2D eigenvalue weighted by Crippen LogP contribution is -2.17. The molecule has 0 bridgehead atoms. The third kappa shape index (κ3) is 4.50. The molecule has 25 heavy (non-hydrogen) atoms. The molecule has 0 heterocycles. The summed E-state index contributed by atoms with van der Waals surface area (Å²) in [6, 6.07) is 6.98. The number of nitro benzene ring substituents is 1. The molecule has 0 aliphatic heterocycles. The van der Waals surface area contributed by atoms with Gasteiger partial charge in [0.1, 0.15) is 5.82 Å². The van der Waals surface area contributed by atoms with E-state index in [2.05, 4.69) is 10.5 Å². The van der Waals surface area contributed by atoms with E-state index in [-0.39, 0.29) is 34.9 Å². The molecule has 2 aromatic carbocycles. The second-order valence-electron chi connectivity index (χ2n) is 4.78. The maximum atomic E-state index is 12.8. The van der Waals surface area contributed by atoms with Crippen LogP contribution >= 0.6 is 0 Å². The SMILES string of the molecule is CCOc1cc([N+](=O)[O-])cc(/C=N\NC(=O)c2ccc(F)cc2)c1O. The molecule has 130 valence electrons. The number of amides is 1. The first-order valence-electron chi connectivity index (χ1n) is 7.15. The number of rotatable bonds is 6. The Kier molecular flexibility index (Phi) is 5.62. The van der Waals surface area contributed by atoms with Gasteiger partial charge in [-0.2, -0.15) is 5.10 Å². The second kappa shape index (κ2) is 7.86. The maximum Gasteiger partial charge on any atom is 0.274 e. The molecule has 0 saturated heterocycles. The third-order valence-electron chi connectivity index (χ3n) is 3.08. The van der Waals surface area contributed by atoms with Crippen molar-refractivity contribution in [1.29, 1.82) is 0 Å². The van der Waals surface area contributed by atoms with E-state index < -0.39 is 16.6 Å². The minimum Gasteiger partial charge on any atom is -0.504 e. The minimum absolute atomic E-state index is 0.00273. The van der Waals surface area contributed by atoms with Crippen molar-refractivity contribution in [1.82, 2.24) is 5.43 Å². The summed E-state index contributed by atoms with van der Waals surface area (Å²) in [5.74, 6) is -1.49. The summed E-state index contributed by atoms with van der Waals surface area (Å²) in [7, 11) is 0. The number of hydrazone groups is 1. The van der Waals surface area contributed by atoms with Gasteiger partial charge in [-0.1, -0.05) is 0 Å². The number of nitrogens with one attached hydrogen (secondary N) is 1. The summed E-state index contributed by atoms with van der Waals surface area (Å²) in [6.07, 6.45) is 1.05. The van der Waals surface area contributed by atoms with Gasteiger partial charge >= 0.3 is 0 Å². The van der Waals surface area contributed by atoms with Gasteiger partial charge in [0, 0.05) is 17.2 Å². The summed E-state index contributed by atoms with van der Waals surface area (Å²) in [6.45, 7) is 1.86. The first-order valence-corrected chi connectivity index (χ1v) is 7.15. The number of hydrogen-bond donors (Lipinski definition) is 2. The molecular formula is C16H14FN3O5. The van der Waals surface area contributed by atoms with Gasteiger partial charge in [-0.05, 0) is 31.2 Å². The average molecular weight is 347 g/mol. The van der Waals surface area contributed by atoms with Gasteiger partial charge < -0.3 is 9.84 Å². The predicted molar refractivity (Wildman–Crippen MR) is 87.4 cm³/mol. The lowest BCUT2D eigenvalue weighted by atomic mass is 10.1. The minimum atomic E-state index is -0.642. The van der Waals surface area contributed by atoms with Crippen LogP contribution in [0.2, 0.25) is 0 Å². The quantitative estimate of drug-likeness (QED) is 0.473. The van der Waals surface area contributed by atoms with Gasteiger partial charge in [0.25, 0.3) is 11.6 Å². The van der Waals surface area contributed by atoms with Crippen LogP contribution < -0.4 is 10.2 Å². The van der Waals surface area contributed by atoms with E-state index >= 15 is 0 Å². The molecule has 2 N–H and O–H groups in total. The predicted octanol–water partition coefficient (Wildman–Crippen LogP) is 2.60. The fraction of sp³-hybridized carbons (Fsp3) is 0.125. The topological polar surface area (TPSA) is 114 Å². The van der Waals surface area contributed by atoms with Crippen molar-refractivity contribution in [3.05, 3.63) is 63.5 Å². The Labute approximate surface area is 141 Å². The summed E-state index contributed by atoms with van der Waals surface area (Å²) < 4.78 is 18.0. The fourth-order valence-corrected chi connectivity index (χ4v) is 1.91. The first kappa shape index (κ1) is 17.9. The van der Waals surface area contributed by atoms with E-state index in [0.29, 0.717) is 0 Å². The van der Waals surface area contributed by atoms with Gasteiger partial charge in [-0.25, -0.2) is 9.82 Å². The number of aromatic hydroxyl groups is 1. The zero-order valence-corrected chi connectivity index (χ0v) is 13.1. The van der Waals surface area contributed by atoms with Gasteiger partial charge in [-0.3, -0.25) is 14.9 Å². The highest BCUT2D eigenvalue weighted by atomic mass is 19.1. The van der Waals surface area contributed by atoms with Crippen molar-refractivity contribution in [3.63, 3.8) is 0 Å². The molecule has 0 aliphatic carbocycles. The molecule has 2 rings (SSSR count). The monoisotopic (exact) mass is 347 g/mol. The summed E-state index contributed by atoms with van der Waals surface area (Å²) in [5, 5.41) is 24.6. The molecule has 0 aromatic heterocycles. The van der Waals surface area contributed by atoms with Crippen molar-refractivity contribution >= 4 is 17.8 Å². The van der Waals surface area contributed by atoms with Crippen molar-refractivity contribution in [2.75, 3.05) is 6.61 Å². The van der Waals surface area contributed by atoms with Crippen LogP contribution in [0.4, 0.5) is 10.1 Å². The lowest BCUT2D eigenvalue weighted by molar-refractivity contribution is -0.385. The molecule has 0 spiro atoms. The molecule has 9 heteroatoms. The number of nitrogens with zero attached hydrogens (tertiary/aromatic N) is 2. The number of ether oxygens (including phenoxy) is 1. The van der Waals surface area contributed by atoms with Crippen LogP contribution in [0.25, 0.3) is 0 Å². The zero-order chi connectivity index (χ0) is 18.4. The maximum absolute atomic E-state index is 12.8. The van der Waals surface area contributed by atoms with Gasteiger partial charge in [0.2, 0.25) is 0 Å². The Bertz CT molecular complexity index is 821. The Morgan fingerprint density at radius 2 is 2.08 bits per heavy atom. The largest absolute Gasteiger partial charge is 0.504 e. The molecule has 0 fully saturated rings. The average Bonchev–Trinajstić information content (AvgIpc) is 2.58. The van der Waals surface area contributed by atoms with Crippen molar-refractivity contribution in [2.45, 2.75) is 6.92 Å². The molecule has 0 unspecified atom stereocenters. The van der Waals surface area contributed by atoms with Crippen LogP contribution in [0.3, 0.4) is 0 Å². The number of carbonyl (C=O) groups is 1. The highest BCUT2D eigenvalue weighted by molar-refractivity contribution is 5.95. The van der Waals surface area contributed by atoms with Crippen molar-refractivity contribution < 1.29 is 24.0 Å². The van der Waals surface area contributed by atoms with Gasteiger partial charge in [-0.15, -0.1) is 0 Å². The summed E-state index contributed by atoms with van der Waals surface area (Å²) in [4.78, 5) is 22.1. The van der Waals surface area contributed by atoms with E-state index in [1.807, 2.05) is 0 Å². The highest BCUT2D eigenvalue weighted by Gasteiger charge is 2.16. The molecular weight excluding hydrogens is 333 g/mol. The van der Waals surface area contributed by atoms with Crippen molar-refractivity contribution in [2.24, 2.45) is 5.10 Å². The first-order chi connectivity index (χ1) is 11.9. The van der Waals surface area contributed by atoms with E-state index in [1.54, 1.807) is 6.92 Å². The number of phenolic OH excluding ortho intramolecular Hbond substituents is 1. The second-order valence-corrected chi connectivity index (χ2v) is 4.78. The van der Waals surface area contributed by atoms with Crippen LogP contribution in [0.5, 0.6) is 11.5 Å². The molecule has 2 aromatic rings. The zero-order valence-electron chi connectivity index (χ0n) is 13.1. The number of phenols is 1. The van der Waals surface area contributed by atoms with Crippen LogP contribution in [0.15, 0.2) is 41.5 Å². The van der Waals surface area contributed by atoms with Crippen LogP contribution in [0.1, 0.15) is 22.8 Å². The Morgan fingerprint density at radius 1 is 1.40 bits per heavy atom. The van der Waals surface area contributed by atoms with E-state index in [1.165, 1.54) is 12.1 Å². The number of carbonyl (C=O) groups excluding carboxylic acids is 1. The van der Waals surface area contributed by atoms with Crippen LogP contribution in [0, 0.1) is 15.9 Å². The Morgan fingerprint density at radius 3 is 2.68 bits per heavy atom. The highest BCUT2D eigenvalue weighted by Crippen LogP contribution is 2.33. The Hall–Kier alpha value is -3.49. The standard InChI is InChI=1S/C16H14FN3O5/c1-2-25-14-8-13(20(23)24)7-11(15(14)21)9-18-19-16(22)10-3-5-12(17)6-4-10/h3-9,21H,2H2,1H3,(H,19,22)/b18-9-. The third-order valence-corrected chi connectivity index (χ3v) is 3.08. The van der Waals surface area contributed by atoms with Crippen LogP contribution in [-0.2, 0) is 0 Å². The van der Waals surface area contributed by atoms with E-state index in [9.17, 15) is 24.4 Å². The number of hydrogen-bond acceptors (Lipinski definition) is 6. The summed E-state index contributed by atoms with van der Waals surface area (Å²) >= 11 is 0. The van der Waals surface area contributed by atoms with Crippen LogP contribution in [-0.4, -0.2) is 28.8 Å². The number of benzene rings is 2. The molecule has 8 nitrogen and oxygen atoms in total. The smallest absolute Gasteiger partial charge is 0.274 e. The normalized spacial score (nSPS) is 10.6. The number of nitro groups is 1.